The van der Waals surface area contributed by atoms with Crippen LogP contribution in [0.4, 0.5) is 4.79 Å². The molecule has 0 unspecified atom stereocenters. The monoisotopic (exact) mass is 314 g/mol. The van der Waals surface area contributed by atoms with E-state index in [1.165, 1.54) is 0 Å². The van der Waals surface area contributed by atoms with Crippen molar-refractivity contribution in [3.05, 3.63) is 0 Å². The standard InChI is InChI=1S/C15H26N2O5/c1-7-20-12(18)11-10(16-11)9-8-21-15(5,6)17(9)13(19)22-14(2,3)4/h9-11,16H,7-8H2,1-6H3/t9-,10-,11+/m0/s1. The van der Waals surface area contributed by atoms with E-state index in [2.05, 4.69) is 5.32 Å². The van der Waals surface area contributed by atoms with Crippen LogP contribution in [0.15, 0.2) is 0 Å². The highest BCUT2D eigenvalue weighted by Gasteiger charge is 2.57. The molecule has 0 aromatic carbocycles. The zero-order valence-corrected chi connectivity index (χ0v) is 14.1. The van der Waals surface area contributed by atoms with Crippen molar-refractivity contribution in [2.75, 3.05) is 13.2 Å². The maximum absolute atomic E-state index is 12.5. The average molecular weight is 314 g/mol. The van der Waals surface area contributed by atoms with Crippen LogP contribution in [0.5, 0.6) is 0 Å². The van der Waals surface area contributed by atoms with Gasteiger partial charge in [0.05, 0.1) is 25.3 Å². The molecule has 1 amide bonds. The summed E-state index contributed by atoms with van der Waals surface area (Å²) < 4.78 is 16.2. The topological polar surface area (TPSA) is 87.0 Å². The van der Waals surface area contributed by atoms with Crippen molar-refractivity contribution in [2.45, 2.75) is 71.0 Å². The molecule has 0 saturated carbocycles. The van der Waals surface area contributed by atoms with E-state index >= 15 is 0 Å². The highest BCUT2D eigenvalue weighted by molar-refractivity contribution is 5.81. The van der Waals surface area contributed by atoms with E-state index in [1.807, 2.05) is 34.6 Å². The van der Waals surface area contributed by atoms with Crippen molar-refractivity contribution in [1.29, 1.82) is 0 Å². The number of carbonyl (C=O) groups excluding carboxylic acids is 2. The summed E-state index contributed by atoms with van der Waals surface area (Å²) in [4.78, 5) is 25.9. The van der Waals surface area contributed by atoms with Gasteiger partial charge >= 0.3 is 12.1 Å². The summed E-state index contributed by atoms with van der Waals surface area (Å²) in [6.07, 6.45) is -0.434. The Kier molecular flexibility index (Phi) is 4.41. The largest absolute Gasteiger partial charge is 0.465 e. The van der Waals surface area contributed by atoms with Gasteiger partial charge in [0.1, 0.15) is 17.4 Å². The van der Waals surface area contributed by atoms with Crippen molar-refractivity contribution in [3.8, 4) is 0 Å². The number of nitrogens with zero attached hydrogens (tertiary/aromatic N) is 1. The van der Waals surface area contributed by atoms with Crippen LogP contribution >= 0.6 is 0 Å². The molecule has 3 atom stereocenters. The first-order chi connectivity index (χ1) is 10.1. The molecule has 0 aliphatic carbocycles. The van der Waals surface area contributed by atoms with E-state index in [0.717, 1.165) is 0 Å². The number of carbonyl (C=O) groups is 2. The number of esters is 1. The molecule has 0 aromatic heterocycles. The number of rotatable bonds is 3. The molecular formula is C15H26N2O5. The fourth-order valence-electron chi connectivity index (χ4n) is 2.70. The number of ether oxygens (including phenoxy) is 3. The first-order valence-electron chi connectivity index (χ1n) is 7.66. The molecule has 2 saturated heterocycles. The van der Waals surface area contributed by atoms with Crippen LogP contribution in [-0.4, -0.2) is 59.6 Å². The van der Waals surface area contributed by atoms with Crippen LogP contribution in [0.1, 0.15) is 41.5 Å². The summed E-state index contributed by atoms with van der Waals surface area (Å²) in [5.41, 5.74) is -1.35. The van der Waals surface area contributed by atoms with Gasteiger partial charge in [-0.2, -0.15) is 0 Å². The van der Waals surface area contributed by atoms with E-state index in [1.54, 1.807) is 11.8 Å². The molecule has 0 spiro atoms. The molecular weight excluding hydrogens is 288 g/mol. The first-order valence-corrected chi connectivity index (χ1v) is 7.66. The fraction of sp³-hybridized carbons (Fsp3) is 0.867. The highest BCUT2D eigenvalue weighted by atomic mass is 16.6. The number of amides is 1. The summed E-state index contributed by atoms with van der Waals surface area (Å²) in [6, 6.07) is -0.792. The quantitative estimate of drug-likeness (QED) is 0.623. The van der Waals surface area contributed by atoms with Crippen molar-refractivity contribution in [2.24, 2.45) is 0 Å². The minimum absolute atomic E-state index is 0.159. The van der Waals surface area contributed by atoms with Crippen molar-refractivity contribution < 1.29 is 23.8 Å². The predicted molar refractivity (Wildman–Crippen MR) is 79.2 cm³/mol. The van der Waals surface area contributed by atoms with Gasteiger partial charge < -0.3 is 14.2 Å². The minimum atomic E-state index is -0.767. The SMILES string of the molecule is CCOC(=O)[C@@H]1N[C@H]1[C@@H]1COC(C)(C)N1C(=O)OC(C)(C)C. The molecule has 2 heterocycles. The fourth-order valence-corrected chi connectivity index (χ4v) is 2.70. The molecule has 22 heavy (non-hydrogen) atoms. The Bertz CT molecular complexity index is 457. The molecule has 2 fully saturated rings. The molecule has 1 N–H and O–H groups in total. The summed E-state index contributed by atoms with van der Waals surface area (Å²) in [7, 11) is 0. The Morgan fingerprint density at radius 1 is 1.36 bits per heavy atom. The molecule has 2 aliphatic rings. The van der Waals surface area contributed by atoms with Gasteiger partial charge in [-0.05, 0) is 41.5 Å². The lowest BCUT2D eigenvalue weighted by molar-refractivity contribution is -0.142. The van der Waals surface area contributed by atoms with Gasteiger partial charge in [0.25, 0.3) is 0 Å². The molecule has 0 radical (unpaired) electrons. The molecule has 7 heteroatoms. The smallest absolute Gasteiger partial charge is 0.412 e. The molecule has 126 valence electrons. The third-order valence-electron chi connectivity index (χ3n) is 3.69. The molecule has 2 aliphatic heterocycles. The third kappa shape index (κ3) is 3.52. The Labute approximate surface area is 131 Å². The van der Waals surface area contributed by atoms with Gasteiger partial charge in [0.2, 0.25) is 0 Å². The first kappa shape index (κ1) is 17.0. The Morgan fingerprint density at radius 2 is 2.00 bits per heavy atom. The van der Waals surface area contributed by atoms with E-state index < -0.39 is 17.4 Å². The van der Waals surface area contributed by atoms with Gasteiger partial charge in [-0.15, -0.1) is 0 Å². The molecule has 7 nitrogen and oxygen atoms in total. The number of hydrogen-bond acceptors (Lipinski definition) is 6. The van der Waals surface area contributed by atoms with Crippen molar-refractivity contribution in [1.82, 2.24) is 10.2 Å². The van der Waals surface area contributed by atoms with E-state index in [4.69, 9.17) is 14.2 Å². The second kappa shape index (κ2) is 5.70. The Balaban J connectivity index is 2.08. The Hall–Kier alpha value is -1.34. The second-order valence-electron chi connectivity index (χ2n) is 7.10. The lowest BCUT2D eigenvalue weighted by atomic mass is 10.1. The third-order valence-corrected chi connectivity index (χ3v) is 3.69. The van der Waals surface area contributed by atoms with Gasteiger partial charge in [-0.3, -0.25) is 15.0 Å². The normalized spacial score (nSPS) is 30.1. The van der Waals surface area contributed by atoms with Crippen LogP contribution in [-0.2, 0) is 19.0 Å². The summed E-state index contributed by atoms with van der Waals surface area (Å²) in [5.74, 6) is -0.290. The molecule has 0 aromatic rings. The van der Waals surface area contributed by atoms with Crippen LogP contribution in [0.3, 0.4) is 0 Å². The predicted octanol–water partition coefficient (Wildman–Crippen LogP) is 1.26. The maximum atomic E-state index is 12.5. The molecule has 0 bridgehead atoms. The summed E-state index contributed by atoms with van der Waals surface area (Å²) >= 11 is 0. The lowest BCUT2D eigenvalue weighted by Gasteiger charge is -2.35. The van der Waals surface area contributed by atoms with Crippen molar-refractivity contribution in [3.63, 3.8) is 0 Å². The average Bonchev–Trinajstić information content (AvgIpc) is 3.06. The van der Waals surface area contributed by atoms with Gasteiger partial charge in [0.15, 0.2) is 0 Å². The van der Waals surface area contributed by atoms with E-state index in [9.17, 15) is 9.59 Å². The van der Waals surface area contributed by atoms with Gasteiger partial charge in [-0.1, -0.05) is 0 Å². The van der Waals surface area contributed by atoms with Gasteiger partial charge in [0, 0.05) is 0 Å². The zero-order chi connectivity index (χ0) is 16.7. The van der Waals surface area contributed by atoms with Crippen LogP contribution < -0.4 is 5.32 Å². The molecule has 2 rings (SSSR count). The Morgan fingerprint density at radius 3 is 2.55 bits per heavy atom. The van der Waals surface area contributed by atoms with Crippen LogP contribution in [0.2, 0.25) is 0 Å². The number of nitrogens with one attached hydrogen (secondary N) is 1. The second-order valence-corrected chi connectivity index (χ2v) is 7.10. The van der Waals surface area contributed by atoms with Crippen LogP contribution in [0.25, 0.3) is 0 Å². The van der Waals surface area contributed by atoms with Gasteiger partial charge in [-0.25, -0.2) is 4.79 Å². The summed E-state index contributed by atoms with van der Waals surface area (Å²) in [5, 5.41) is 3.08. The zero-order valence-electron chi connectivity index (χ0n) is 14.1. The number of hydrogen-bond donors (Lipinski definition) is 1. The van der Waals surface area contributed by atoms with E-state index in [0.29, 0.717) is 13.2 Å². The minimum Gasteiger partial charge on any atom is -0.465 e. The van der Waals surface area contributed by atoms with Crippen molar-refractivity contribution >= 4 is 12.1 Å². The highest BCUT2D eigenvalue weighted by Crippen LogP contribution is 2.35. The summed E-state index contributed by atoms with van der Waals surface area (Å²) in [6.45, 7) is 11.6. The van der Waals surface area contributed by atoms with E-state index in [-0.39, 0.29) is 24.1 Å². The lowest BCUT2D eigenvalue weighted by Crippen LogP contribution is -2.52. The van der Waals surface area contributed by atoms with Crippen LogP contribution in [0, 0.1) is 0 Å². The maximum Gasteiger partial charge on any atom is 0.412 e.